The molecule has 0 radical (unpaired) electrons. The van der Waals surface area contributed by atoms with E-state index in [0.29, 0.717) is 17.4 Å². The molecule has 0 spiro atoms. The van der Waals surface area contributed by atoms with E-state index in [-0.39, 0.29) is 32.0 Å². The number of esters is 2. The van der Waals surface area contributed by atoms with E-state index >= 15 is 0 Å². The van der Waals surface area contributed by atoms with Gasteiger partial charge in [-0.1, -0.05) is 191 Å². The van der Waals surface area contributed by atoms with E-state index in [4.69, 9.17) is 18.5 Å². The van der Waals surface area contributed by atoms with Crippen molar-refractivity contribution >= 4 is 19.8 Å². The summed E-state index contributed by atoms with van der Waals surface area (Å²) >= 11 is 0. The first-order chi connectivity index (χ1) is 29.0. The Balaban J connectivity index is 4.29. The summed E-state index contributed by atoms with van der Waals surface area (Å²) in [6.45, 7) is 4.32. The van der Waals surface area contributed by atoms with E-state index in [1.807, 2.05) is 21.1 Å². The Kier molecular flexibility index (Phi) is 40.8. The van der Waals surface area contributed by atoms with Crippen molar-refractivity contribution in [3.63, 3.8) is 0 Å². The van der Waals surface area contributed by atoms with Crippen LogP contribution in [0.1, 0.15) is 206 Å². The van der Waals surface area contributed by atoms with Gasteiger partial charge in [-0.2, -0.15) is 0 Å². The molecule has 2 atom stereocenters. The number of ether oxygens (including phenoxy) is 2. The monoisotopic (exact) mass is 867 g/mol. The molecular formula is C50H93NO8P+. The number of unbranched alkanes of at least 4 members (excludes halogenated alkanes) is 22. The molecule has 0 fully saturated rings. The summed E-state index contributed by atoms with van der Waals surface area (Å²) in [4.78, 5) is 35.5. The summed E-state index contributed by atoms with van der Waals surface area (Å²) in [6, 6.07) is 0. The number of allylic oxidation sites excluding steroid dienone is 8. The number of nitrogens with zero attached hydrogens (tertiary/aromatic N) is 1. The molecule has 1 N–H and O–H groups in total. The third-order valence-corrected chi connectivity index (χ3v) is 11.4. The second-order valence-electron chi connectivity index (χ2n) is 17.5. The van der Waals surface area contributed by atoms with Crippen LogP contribution in [0.5, 0.6) is 0 Å². The van der Waals surface area contributed by atoms with Crippen LogP contribution in [0.15, 0.2) is 48.6 Å². The van der Waals surface area contributed by atoms with Gasteiger partial charge in [0.2, 0.25) is 0 Å². The lowest BCUT2D eigenvalue weighted by atomic mass is 10.0. The average molecular weight is 867 g/mol. The van der Waals surface area contributed by atoms with Crippen LogP contribution in [-0.2, 0) is 32.7 Å². The Bertz CT molecular complexity index is 1160. The van der Waals surface area contributed by atoms with Gasteiger partial charge in [-0.15, -0.1) is 0 Å². The molecule has 0 aliphatic rings. The SMILES string of the molecule is CC/C=C\C/C=C\C/C=C\C/C=C\CCCCCCCCCCC(=O)OC(COC(=O)CCCCCCCCCCCCCCCCC)COP(=O)(O)OCC[N+](C)(C)C. The zero-order chi connectivity index (χ0) is 44.3. The Morgan fingerprint density at radius 2 is 0.950 bits per heavy atom. The lowest BCUT2D eigenvalue weighted by Crippen LogP contribution is -2.37. The van der Waals surface area contributed by atoms with Gasteiger partial charge in [0.15, 0.2) is 6.10 Å². The van der Waals surface area contributed by atoms with Gasteiger partial charge in [0.1, 0.15) is 19.8 Å². The predicted octanol–water partition coefficient (Wildman–Crippen LogP) is 14.2. The molecule has 0 bridgehead atoms. The molecule has 0 aromatic rings. The molecule has 0 heterocycles. The van der Waals surface area contributed by atoms with E-state index in [9.17, 15) is 19.0 Å². The maximum atomic E-state index is 12.7. The Hall–Kier alpha value is -2.03. The number of carbonyl (C=O) groups excluding carboxylic acids is 2. The van der Waals surface area contributed by atoms with Crippen molar-refractivity contribution in [3.05, 3.63) is 48.6 Å². The number of carbonyl (C=O) groups is 2. The maximum absolute atomic E-state index is 12.7. The van der Waals surface area contributed by atoms with E-state index in [2.05, 4.69) is 62.5 Å². The molecule has 9 nitrogen and oxygen atoms in total. The standard InChI is InChI=1S/C50H92NO8P/c1-6-8-10-12-14-16-18-20-22-23-24-25-26-27-29-31-33-35-37-39-41-43-50(53)59-48(47-58-60(54,55)57-45-44-51(3,4)5)46-56-49(52)42-40-38-36-34-32-30-28-21-19-17-15-13-11-9-7-2/h8,10,14,16,20,22,24-25,48H,6-7,9,11-13,15,17-19,21,23,26-47H2,1-5H3/p+1/b10-8-,16-14-,22-20-,25-24-. The summed E-state index contributed by atoms with van der Waals surface area (Å²) in [5.41, 5.74) is 0. The maximum Gasteiger partial charge on any atom is 0.472 e. The van der Waals surface area contributed by atoms with Crippen molar-refractivity contribution in [2.24, 2.45) is 0 Å². The van der Waals surface area contributed by atoms with Gasteiger partial charge >= 0.3 is 19.8 Å². The van der Waals surface area contributed by atoms with Crippen molar-refractivity contribution in [3.8, 4) is 0 Å². The van der Waals surface area contributed by atoms with Gasteiger partial charge in [-0.25, -0.2) is 4.57 Å². The number of phosphoric ester groups is 1. The summed E-state index contributed by atoms with van der Waals surface area (Å²) < 4.78 is 34.4. The molecule has 0 aliphatic carbocycles. The fourth-order valence-electron chi connectivity index (χ4n) is 6.59. The Morgan fingerprint density at radius 3 is 1.42 bits per heavy atom. The van der Waals surface area contributed by atoms with Crippen molar-refractivity contribution in [1.29, 1.82) is 0 Å². The first-order valence-corrected chi connectivity index (χ1v) is 25.9. The van der Waals surface area contributed by atoms with Crippen LogP contribution in [0.3, 0.4) is 0 Å². The highest BCUT2D eigenvalue weighted by Gasteiger charge is 2.27. The Labute approximate surface area is 369 Å². The van der Waals surface area contributed by atoms with Gasteiger partial charge in [-0.05, 0) is 51.4 Å². The first-order valence-electron chi connectivity index (χ1n) is 24.4. The highest BCUT2D eigenvalue weighted by atomic mass is 31.2. The first kappa shape index (κ1) is 58.0. The smallest absolute Gasteiger partial charge is 0.462 e. The topological polar surface area (TPSA) is 108 Å². The van der Waals surface area contributed by atoms with Gasteiger partial charge in [0.25, 0.3) is 0 Å². The van der Waals surface area contributed by atoms with E-state index in [1.54, 1.807) is 0 Å². The summed E-state index contributed by atoms with van der Waals surface area (Å²) in [7, 11) is 1.47. The minimum atomic E-state index is -4.38. The molecule has 10 heteroatoms. The highest BCUT2D eigenvalue weighted by molar-refractivity contribution is 7.47. The fourth-order valence-corrected chi connectivity index (χ4v) is 7.34. The van der Waals surface area contributed by atoms with Crippen molar-refractivity contribution in [2.45, 2.75) is 213 Å². The van der Waals surface area contributed by atoms with Gasteiger partial charge in [0, 0.05) is 12.8 Å². The molecule has 0 amide bonds. The fraction of sp³-hybridized carbons (Fsp3) is 0.800. The average Bonchev–Trinajstić information content (AvgIpc) is 3.20. The van der Waals surface area contributed by atoms with Crippen LogP contribution in [-0.4, -0.2) is 74.9 Å². The van der Waals surface area contributed by atoms with E-state index in [1.165, 1.54) is 103 Å². The molecule has 350 valence electrons. The summed E-state index contributed by atoms with van der Waals surface area (Å²) in [6.07, 6.45) is 50.1. The van der Waals surface area contributed by atoms with Crippen LogP contribution >= 0.6 is 7.82 Å². The van der Waals surface area contributed by atoms with Crippen molar-refractivity contribution < 1.29 is 42.1 Å². The van der Waals surface area contributed by atoms with Gasteiger partial charge in [-0.3, -0.25) is 18.6 Å². The Morgan fingerprint density at radius 1 is 0.533 bits per heavy atom. The van der Waals surface area contributed by atoms with Gasteiger partial charge < -0.3 is 18.9 Å². The number of hydrogen-bond acceptors (Lipinski definition) is 7. The van der Waals surface area contributed by atoms with Crippen LogP contribution in [0.2, 0.25) is 0 Å². The van der Waals surface area contributed by atoms with Crippen molar-refractivity contribution in [2.75, 3.05) is 47.5 Å². The number of phosphoric acid groups is 1. The second kappa shape index (κ2) is 42.3. The molecule has 60 heavy (non-hydrogen) atoms. The second-order valence-corrected chi connectivity index (χ2v) is 18.9. The molecule has 0 aliphatic heterocycles. The molecule has 2 unspecified atom stereocenters. The van der Waals surface area contributed by atoms with Crippen LogP contribution in [0.25, 0.3) is 0 Å². The van der Waals surface area contributed by atoms with Crippen LogP contribution < -0.4 is 0 Å². The number of rotatable bonds is 44. The minimum Gasteiger partial charge on any atom is -0.462 e. The van der Waals surface area contributed by atoms with Gasteiger partial charge in [0.05, 0.1) is 27.7 Å². The molecular weight excluding hydrogens is 774 g/mol. The third-order valence-electron chi connectivity index (χ3n) is 10.4. The zero-order valence-electron chi connectivity index (χ0n) is 39.4. The molecule has 0 saturated heterocycles. The lowest BCUT2D eigenvalue weighted by Gasteiger charge is -2.24. The number of likely N-dealkylation sites (N-methyl/N-ethyl adjacent to an activating group) is 1. The predicted molar refractivity (Wildman–Crippen MR) is 252 cm³/mol. The molecule has 0 aromatic heterocycles. The lowest BCUT2D eigenvalue weighted by molar-refractivity contribution is -0.870. The summed E-state index contributed by atoms with van der Waals surface area (Å²) in [5.74, 6) is -0.802. The van der Waals surface area contributed by atoms with E-state index in [0.717, 1.165) is 70.6 Å². The summed E-state index contributed by atoms with van der Waals surface area (Å²) in [5, 5.41) is 0. The van der Waals surface area contributed by atoms with E-state index < -0.39 is 26.5 Å². The third kappa shape index (κ3) is 45.5. The quantitative estimate of drug-likeness (QED) is 0.0212. The molecule has 0 saturated carbocycles. The molecule has 0 rings (SSSR count). The van der Waals surface area contributed by atoms with Crippen LogP contribution in [0.4, 0.5) is 0 Å². The van der Waals surface area contributed by atoms with Crippen LogP contribution in [0, 0.1) is 0 Å². The normalized spacial score (nSPS) is 13.9. The largest absolute Gasteiger partial charge is 0.472 e. The van der Waals surface area contributed by atoms with Crippen molar-refractivity contribution in [1.82, 2.24) is 0 Å². The zero-order valence-corrected chi connectivity index (χ0v) is 40.3. The number of quaternary nitrogens is 1. The minimum absolute atomic E-state index is 0.0298. The number of hydrogen-bond donors (Lipinski definition) is 1. The highest BCUT2D eigenvalue weighted by Crippen LogP contribution is 2.43. The molecule has 0 aromatic carbocycles.